The Bertz CT molecular complexity index is 270. The van der Waals surface area contributed by atoms with Crippen LogP contribution in [0.25, 0.3) is 0 Å². The fourth-order valence-corrected chi connectivity index (χ4v) is 1.86. The summed E-state index contributed by atoms with van der Waals surface area (Å²) in [7, 11) is 0. The molecular formula is C12H20Br2O4. The summed E-state index contributed by atoms with van der Waals surface area (Å²) in [5.74, 6) is -0.644. The molecule has 0 radical (unpaired) electrons. The Morgan fingerprint density at radius 2 is 1.17 bits per heavy atom. The van der Waals surface area contributed by atoms with E-state index in [9.17, 15) is 9.59 Å². The summed E-state index contributed by atoms with van der Waals surface area (Å²) in [4.78, 5) is 23.4. The molecule has 0 fully saturated rings. The Kier molecular flexibility index (Phi) is 7.44. The minimum absolute atomic E-state index is 0.322. The number of rotatable bonds is 7. The third kappa shape index (κ3) is 5.69. The lowest BCUT2D eigenvalue weighted by molar-refractivity contribution is -0.148. The quantitative estimate of drug-likeness (QED) is 0.497. The van der Waals surface area contributed by atoms with Gasteiger partial charge in [0, 0.05) is 0 Å². The summed E-state index contributed by atoms with van der Waals surface area (Å²) in [5, 5.41) is 0. The number of esters is 2. The van der Waals surface area contributed by atoms with Crippen LogP contribution in [0.4, 0.5) is 0 Å². The van der Waals surface area contributed by atoms with Crippen molar-refractivity contribution in [3.05, 3.63) is 0 Å². The van der Waals surface area contributed by atoms with E-state index in [1.54, 1.807) is 27.7 Å². The second-order valence-corrected chi connectivity index (χ2v) is 7.84. The molecule has 4 nitrogen and oxygen atoms in total. The van der Waals surface area contributed by atoms with Crippen LogP contribution in [0.3, 0.4) is 0 Å². The zero-order valence-electron chi connectivity index (χ0n) is 11.2. The van der Waals surface area contributed by atoms with Gasteiger partial charge < -0.3 is 9.47 Å². The first-order chi connectivity index (χ1) is 8.17. The van der Waals surface area contributed by atoms with E-state index in [4.69, 9.17) is 9.47 Å². The van der Waals surface area contributed by atoms with Gasteiger partial charge in [-0.05, 0) is 40.5 Å². The molecule has 0 heterocycles. The van der Waals surface area contributed by atoms with E-state index in [1.807, 2.05) is 0 Å². The molecule has 2 unspecified atom stereocenters. The Morgan fingerprint density at radius 1 is 0.889 bits per heavy atom. The van der Waals surface area contributed by atoms with E-state index in [0.717, 1.165) is 0 Å². The van der Waals surface area contributed by atoms with Crippen molar-refractivity contribution in [2.24, 2.45) is 0 Å². The van der Waals surface area contributed by atoms with Gasteiger partial charge in [-0.2, -0.15) is 0 Å². The summed E-state index contributed by atoms with van der Waals surface area (Å²) in [5.41, 5.74) is 0. The van der Waals surface area contributed by atoms with Crippen molar-refractivity contribution in [1.29, 1.82) is 0 Å². The lowest BCUT2D eigenvalue weighted by Gasteiger charge is -2.25. The number of ether oxygens (including phenoxy) is 2. The average Bonchev–Trinajstić information content (AvgIpc) is 2.27. The smallest absolute Gasteiger partial charge is 0.322 e. The van der Waals surface area contributed by atoms with E-state index in [0.29, 0.717) is 26.1 Å². The summed E-state index contributed by atoms with van der Waals surface area (Å²) >= 11 is 6.68. The van der Waals surface area contributed by atoms with Crippen molar-refractivity contribution in [1.82, 2.24) is 0 Å². The van der Waals surface area contributed by atoms with Gasteiger partial charge in [0.1, 0.15) is 8.65 Å². The van der Waals surface area contributed by atoms with Crippen molar-refractivity contribution in [3.63, 3.8) is 0 Å². The van der Waals surface area contributed by atoms with Crippen LogP contribution in [0.2, 0.25) is 0 Å². The third-order valence-corrected chi connectivity index (χ3v) is 3.91. The standard InChI is InChI=1S/C12H20Br2O4/c1-5-17-9(15)11(3,13)7-8-12(4,14)10(16)18-6-2/h5-8H2,1-4H3. The lowest BCUT2D eigenvalue weighted by atomic mass is 9.98. The van der Waals surface area contributed by atoms with Crippen LogP contribution in [0, 0.1) is 0 Å². The zero-order valence-corrected chi connectivity index (χ0v) is 14.4. The van der Waals surface area contributed by atoms with E-state index in [2.05, 4.69) is 31.9 Å². The summed E-state index contributed by atoms with van der Waals surface area (Å²) in [6.45, 7) is 7.66. The first kappa shape index (κ1) is 17.9. The maximum atomic E-state index is 11.7. The largest absolute Gasteiger partial charge is 0.465 e. The van der Waals surface area contributed by atoms with Gasteiger partial charge in [-0.15, -0.1) is 0 Å². The zero-order chi connectivity index (χ0) is 14.4. The van der Waals surface area contributed by atoms with Crippen molar-refractivity contribution >= 4 is 43.8 Å². The number of halogens is 2. The van der Waals surface area contributed by atoms with E-state index in [1.165, 1.54) is 0 Å². The third-order valence-electron chi connectivity index (χ3n) is 2.47. The fraction of sp³-hybridized carbons (Fsp3) is 0.833. The molecule has 18 heavy (non-hydrogen) atoms. The van der Waals surface area contributed by atoms with Gasteiger partial charge in [0.05, 0.1) is 13.2 Å². The lowest BCUT2D eigenvalue weighted by Crippen LogP contribution is -2.36. The Labute approximate surface area is 125 Å². The predicted octanol–water partition coefficient (Wildman–Crippen LogP) is 3.20. The normalized spacial score (nSPS) is 17.4. The molecule has 106 valence electrons. The fourth-order valence-electron chi connectivity index (χ4n) is 1.24. The second kappa shape index (κ2) is 7.48. The summed E-state index contributed by atoms with van der Waals surface area (Å²) in [6.07, 6.45) is 0.929. The van der Waals surface area contributed by atoms with Crippen LogP contribution < -0.4 is 0 Å². The first-order valence-electron chi connectivity index (χ1n) is 5.89. The van der Waals surface area contributed by atoms with E-state index >= 15 is 0 Å². The molecular weight excluding hydrogens is 368 g/mol. The molecule has 0 aromatic heterocycles. The molecule has 0 bridgehead atoms. The number of carbonyl (C=O) groups is 2. The maximum Gasteiger partial charge on any atom is 0.322 e. The van der Waals surface area contributed by atoms with Gasteiger partial charge in [0.2, 0.25) is 0 Å². The number of hydrogen-bond donors (Lipinski definition) is 0. The Hall–Kier alpha value is -0.100. The minimum Gasteiger partial charge on any atom is -0.465 e. The van der Waals surface area contributed by atoms with Gasteiger partial charge in [-0.25, -0.2) is 0 Å². The molecule has 0 aliphatic rings. The van der Waals surface area contributed by atoms with Crippen molar-refractivity contribution < 1.29 is 19.1 Å². The summed E-state index contributed by atoms with van der Waals surface area (Å²) in [6, 6.07) is 0. The van der Waals surface area contributed by atoms with Crippen LogP contribution in [0.1, 0.15) is 40.5 Å². The average molecular weight is 388 g/mol. The SMILES string of the molecule is CCOC(=O)C(C)(Br)CCC(C)(Br)C(=O)OCC. The molecule has 0 amide bonds. The van der Waals surface area contributed by atoms with Gasteiger partial charge in [-0.1, -0.05) is 31.9 Å². The summed E-state index contributed by atoms with van der Waals surface area (Å²) < 4.78 is 8.35. The second-order valence-electron chi connectivity index (χ2n) is 4.34. The molecule has 0 aromatic carbocycles. The van der Waals surface area contributed by atoms with Crippen LogP contribution in [-0.2, 0) is 19.1 Å². The monoisotopic (exact) mass is 386 g/mol. The van der Waals surface area contributed by atoms with Crippen LogP contribution in [0.5, 0.6) is 0 Å². The van der Waals surface area contributed by atoms with E-state index in [-0.39, 0.29) is 11.9 Å². The highest BCUT2D eigenvalue weighted by molar-refractivity contribution is 9.10. The molecule has 0 N–H and O–H groups in total. The number of alkyl halides is 2. The molecule has 0 aromatic rings. The van der Waals surface area contributed by atoms with E-state index < -0.39 is 8.65 Å². The topological polar surface area (TPSA) is 52.6 Å². The van der Waals surface area contributed by atoms with Gasteiger partial charge in [0.15, 0.2) is 0 Å². The maximum absolute atomic E-state index is 11.7. The Morgan fingerprint density at radius 3 is 1.39 bits per heavy atom. The molecule has 0 aliphatic heterocycles. The molecule has 6 heteroatoms. The first-order valence-corrected chi connectivity index (χ1v) is 7.48. The van der Waals surface area contributed by atoms with Crippen LogP contribution in [-0.4, -0.2) is 33.8 Å². The van der Waals surface area contributed by atoms with Gasteiger partial charge in [0.25, 0.3) is 0 Å². The predicted molar refractivity (Wildman–Crippen MR) is 77.2 cm³/mol. The number of hydrogen-bond acceptors (Lipinski definition) is 4. The molecule has 0 aliphatic carbocycles. The molecule has 2 atom stereocenters. The molecule has 0 saturated carbocycles. The van der Waals surface area contributed by atoms with Gasteiger partial charge >= 0.3 is 11.9 Å². The molecule has 0 saturated heterocycles. The highest BCUT2D eigenvalue weighted by atomic mass is 79.9. The van der Waals surface area contributed by atoms with Crippen LogP contribution in [0.15, 0.2) is 0 Å². The minimum atomic E-state index is -0.787. The molecule has 0 rings (SSSR count). The highest BCUT2D eigenvalue weighted by Gasteiger charge is 2.38. The number of carbonyl (C=O) groups excluding carboxylic acids is 2. The molecule has 0 spiro atoms. The van der Waals surface area contributed by atoms with Crippen molar-refractivity contribution in [3.8, 4) is 0 Å². The van der Waals surface area contributed by atoms with Gasteiger partial charge in [-0.3, -0.25) is 9.59 Å². The van der Waals surface area contributed by atoms with Crippen molar-refractivity contribution in [2.75, 3.05) is 13.2 Å². The Balaban J connectivity index is 4.46. The van der Waals surface area contributed by atoms with Crippen LogP contribution >= 0.6 is 31.9 Å². The van der Waals surface area contributed by atoms with Crippen molar-refractivity contribution in [2.45, 2.75) is 49.2 Å². The highest BCUT2D eigenvalue weighted by Crippen LogP contribution is 2.33.